The van der Waals surface area contributed by atoms with Gasteiger partial charge in [0.2, 0.25) is 6.54 Å². The molecule has 3 rings (SSSR count). The SMILES string of the molecule is COc1ccccc1N1CCN(C(=O)C[n+]2ccc(N(C)C)cc2)CC1. The molecule has 0 bridgehead atoms. The highest BCUT2D eigenvalue weighted by molar-refractivity contribution is 5.75. The van der Waals surface area contributed by atoms with E-state index in [4.69, 9.17) is 4.74 Å². The van der Waals surface area contributed by atoms with Gasteiger partial charge in [-0.2, -0.15) is 4.57 Å². The van der Waals surface area contributed by atoms with E-state index in [1.807, 2.05) is 71.2 Å². The van der Waals surface area contributed by atoms with Gasteiger partial charge >= 0.3 is 0 Å². The molecule has 138 valence electrons. The molecule has 1 aliphatic heterocycles. The van der Waals surface area contributed by atoms with E-state index in [0.29, 0.717) is 6.54 Å². The van der Waals surface area contributed by atoms with Crippen LogP contribution in [0.2, 0.25) is 0 Å². The number of para-hydroxylation sites is 2. The van der Waals surface area contributed by atoms with Gasteiger partial charge in [-0.15, -0.1) is 0 Å². The summed E-state index contributed by atoms with van der Waals surface area (Å²) < 4.78 is 7.38. The first-order valence-electron chi connectivity index (χ1n) is 8.90. The Morgan fingerprint density at radius 1 is 1.08 bits per heavy atom. The first-order valence-corrected chi connectivity index (χ1v) is 8.90. The number of pyridine rings is 1. The van der Waals surface area contributed by atoms with Crippen LogP contribution in [0.5, 0.6) is 5.75 Å². The molecule has 0 saturated carbocycles. The summed E-state index contributed by atoms with van der Waals surface area (Å²) in [7, 11) is 5.70. The molecule has 6 nitrogen and oxygen atoms in total. The zero-order valence-corrected chi connectivity index (χ0v) is 15.8. The lowest BCUT2D eigenvalue weighted by Crippen LogP contribution is -2.52. The van der Waals surface area contributed by atoms with Gasteiger partial charge in [0.1, 0.15) is 5.75 Å². The highest BCUT2D eigenvalue weighted by Crippen LogP contribution is 2.28. The number of ether oxygens (including phenoxy) is 1. The monoisotopic (exact) mass is 355 g/mol. The highest BCUT2D eigenvalue weighted by Gasteiger charge is 2.24. The van der Waals surface area contributed by atoms with Gasteiger partial charge in [0, 0.05) is 58.1 Å². The quantitative estimate of drug-likeness (QED) is 0.760. The molecule has 1 aliphatic rings. The molecule has 0 N–H and O–H groups in total. The fourth-order valence-corrected chi connectivity index (χ4v) is 3.20. The number of rotatable bonds is 5. The Labute approximate surface area is 155 Å². The van der Waals surface area contributed by atoms with Gasteiger partial charge < -0.3 is 19.4 Å². The van der Waals surface area contributed by atoms with E-state index in [-0.39, 0.29) is 5.91 Å². The summed E-state index contributed by atoms with van der Waals surface area (Å²) >= 11 is 0. The van der Waals surface area contributed by atoms with Gasteiger partial charge in [0.25, 0.3) is 5.91 Å². The third kappa shape index (κ3) is 4.07. The Balaban J connectivity index is 1.56. The van der Waals surface area contributed by atoms with Gasteiger partial charge in [-0.05, 0) is 12.1 Å². The zero-order chi connectivity index (χ0) is 18.5. The van der Waals surface area contributed by atoms with E-state index < -0.39 is 0 Å². The van der Waals surface area contributed by atoms with Gasteiger partial charge in [0.15, 0.2) is 12.4 Å². The van der Waals surface area contributed by atoms with E-state index >= 15 is 0 Å². The molecule has 0 spiro atoms. The minimum atomic E-state index is 0.160. The van der Waals surface area contributed by atoms with Crippen molar-refractivity contribution < 1.29 is 14.1 Å². The molecule has 0 atom stereocenters. The molecule has 6 heteroatoms. The van der Waals surface area contributed by atoms with Crippen LogP contribution in [-0.4, -0.2) is 58.2 Å². The Kier molecular flexibility index (Phi) is 5.61. The number of hydrogen-bond donors (Lipinski definition) is 0. The maximum absolute atomic E-state index is 12.6. The lowest BCUT2D eigenvalue weighted by Gasteiger charge is -2.36. The molecule has 0 radical (unpaired) electrons. The van der Waals surface area contributed by atoms with Crippen molar-refractivity contribution in [3.05, 3.63) is 48.8 Å². The first-order chi connectivity index (χ1) is 12.6. The van der Waals surface area contributed by atoms with Crippen LogP contribution in [-0.2, 0) is 11.3 Å². The standard InChI is InChI=1S/C20H27N4O2/c1-21(2)17-8-10-22(11-9-17)16-20(25)24-14-12-23(13-15-24)18-6-4-5-7-19(18)26-3/h4-11H,12-16H2,1-3H3/q+1. The summed E-state index contributed by atoms with van der Waals surface area (Å²) in [6.07, 6.45) is 3.91. The van der Waals surface area contributed by atoms with Crippen molar-refractivity contribution in [2.24, 2.45) is 0 Å². The Hall–Kier alpha value is -2.76. The zero-order valence-electron chi connectivity index (χ0n) is 15.8. The molecule has 1 aromatic heterocycles. The van der Waals surface area contributed by atoms with Gasteiger partial charge in [0.05, 0.1) is 12.8 Å². The number of benzene rings is 1. The van der Waals surface area contributed by atoms with Crippen molar-refractivity contribution in [2.75, 3.05) is 57.2 Å². The average molecular weight is 355 g/mol. The summed E-state index contributed by atoms with van der Waals surface area (Å²) in [6.45, 7) is 3.47. The number of nitrogens with zero attached hydrogens (tertiary/aromatic N) is 4. The molecule has 1 amide bonds. The third-order valence-electron chi connectivity index (χ3n) is 4.77. The number of aromatic nitrogens is 1. The van der Waals surface area contributed by atoms with Gasteiger partial charge in [-0.25, -0.2) is 0 Å². The number of methoxy groups -OCH3 is 1. The van der Waals surface area contributed by atoms with Crippen molar-refractivity contribution >= 4 is 17.3 Å². The number of carbonyl (C=O) groups excluding carboxylic acids is 1. The molecule has 26 heavy (non-hydrogen) atoms. The third-order valence-corrected chi connectivity index (χ3v) is 4.77. The molecule has 0 aliphatic carbocycles. The maximum Gasteiger partial charge on any atom is 0.288 e. The topological polar surface area (TPSA) is 39.9 Å². The lowest BCUT2D eigenvalue weighted by molar-refractivity contribution is -0.685. The van der Waals surface area contributed by atoms with Crippen LogP contribution in [0.3, 0.4) is 0 Å². The van der Waals surface area contributed by atoms with Crippen LogP contribution in [0, 0.1) is 0 Å². The summed E-state index contributed by atoms with van der Waals surface area (Å²) in [5, 5.41) is 0. The molecule has 2 heterocycles. The number of anilines is 2. The summed E-state index contributed by atoms with van der Waals surface area (Å²) in [5.41, 5.74) is 2.22. The van der Waals surface area contributed by atoms with Crippen LogP contribution >= 0.6 is 0 Å². The predicted octanol–water partition coefficient (Wildman–Crippen LogP) is 1.40. The van der Waals surface area contributed by atoms with E-state index in [2.05, 4.69) is 11.0 Å². The fourth-order valence-electron chi connectivity index (χ4n) is 3.20. The lowest BCUT2D eigenvalue weighted by atomic mass is 10.2. The largest absolute Gasteiger partial charge is 0.495 e. The van der Waals surface area contributed by atoms with Gasteiger partial charge in [-0.1, -0.05) is 12.1 Å². The second kappa shape index (κ2) is 8.08. The van der Waals surface area contributed by atoms with Crippen molar-refractivity contribution in [1.29, 1.82) is 0 Å². The van der Waals surface area contributed by atoms with Crippen LogP contribution in [0.15, 0.2) is 48.8 Å². The molecular weight excluding hydrogens is 328 g/mol. The van der Waals surface area contributed by atoms with Crippen LogP contribution < -0.4 is 19.1 Å². The second-order valence-electron chi connectivity index (χ2n) is 6.66. The summed E-state index contributed by atoms with van der Waals surface area (Å²) in [6, 6.07) is 12.1. The fraction of sp³-hybridized carbons (Fsp3) is 0.400. The van der Waals surface area contributed by atoms with Crippen molar-refractivity contribution in [3.8, 4) is 5.75 Å². The number of carbonyl (C=O) groups is 1. The highest BCUT2D eigenvalue weighted by atomic mass is 16.5. The van der Waals surface area contributed by atoms with Crippen LogP contribution in [0.25, 0.3) is 0 Å². The number of hydrogen-bond acceptors (Lipinski definition) is 4. The Morgan fingerprint density at radius 3 is 2.35 bits per heavy atom. The van der Waals surface area contributed by atoms with Crippen LogP contribution in [0.4, 0.5) is 11.4 Å². The number of amides is 1. The minimum absolute atomic E-state index is 0.160. The van der Waals surface area contributed by atoms with Crippen LogP contribution in [0.1, 0.15) is 0 Å². The van der Waals surface area contributed by atoms with E-state index in [1.165, 1.54) is 0 Å². The van der Waals surface area contributed by atoms with Crippen molar-refractivity contribution in [2.45, 2.75) is 6.54 Å². The molecule has 1 aromatic carbocycles. The van der Waals surface area contributed by atoms with E-state index in [9.17, 15) is 4.79 Å². The molecule has 0 unspecified atom stereocenters. The van der Waals surface area contributed by atoms with Crippen molar-refractivity contribution in [3.63, 3.8) is 0 Å². The molecule has 1 fully saturated rings. The molecule has 1 saturated heterocycles. The van der Waals surface area contributed by atoms with Gasteiger partial charge in [-0.3, -0.25) is 4.79 Å². The average Bonchev–Trinajstić information content (AvgIpc) is 2.68. The van der Waals surface area contributed by atoms with E-state index in [1.54, 1.807) is 7.11 Å². The predicted molar refractivity (Wildman–Crippen MR) is 103 cm³/mol. The maximum atomic E-state index is 12.6. The summed E-state index contributed by atoms with van der Waals surface area (Å²) in [4.78, 5) is 18.9. The second-order valence-corrected chi connectivity index (χ2v) is 6.66. The van der Waals surface area contributed by atoms with E-state index in [0.717, 1.165) is 43.3 Å². The Morgan fingerprint density at radius 2 is 1.73 bits per heavy atom. The Bertz CT molecular complexity index is 738. The van der Waals surface area contributed by atoms with Crippen molar-refractivity contribution in [1.82, 2.24) is 4.90 Å². The summed E-state index contributed by atoms with van der Waals surface area (Å²) in [5.74, 6) is 1.04. The molecule has 2 aromatic rings. The minimum Gasteiger partial charge on any atom is -0.495 e. The first kappa shape index (κ1) is 18.0. The number of piperazine rings is 1. The molecular formula is C20H27N4O2+. The normalized spacial score (nSPS) is 14.3. The smallest absolute Gasteiger partial charge is 0.288 e.